The Kier molecular flexibility index (Phi) is 4.81. The van der Waals surface area contributed by atoms with Crippen LogP contribution < -0.4 is 10.2 Å². The Bertz CT molecular complexity index is 661. The minimum atomic E-state index is -0.144. The van der Waals surface area contributed by atoms with Crippen LogP contribution in [0.3, 0.4) is 0 Å². The van der Waals surface area contributed by atoms with Crippen molar-refractivity contribution >= 4 is 23.2 Å². The van der Waals surface area contributed by atoms with Gasteiger partial charge in [-0.1, -0.05) is 16.8 Å². The Hall–Kier alpha value is -2.08. The Morgan fingerprint density at radius 3 is 2.61 bits per heavy atom. The minimum absolute atomic E-state index is 0.144. The predicted octanol–water partition coefficient (Wildman–Crippen LogP) is 2.35. The monoisotopic (exact) mass is 333 g/mol. The van der Waals surface area contributed by atoms with Crippen LogP contribution in [-0.2, 0) is 6.54 Å². The Morgan fingerprint density at radius 1 is 1.30 bits per heavy atom. The molecule has 1 fully saturated rings. The highest BCUT2D eigenvalue weighted by Gasteiger charge is 2.22. The first-order valence-corrected chi connectivity index (χ1v) is 8.25. The van der Waals surface area contributed by atoms with Crippen molar-refractivity contribution in [2.24, 2.45) is 0 Å². The molecule has 2 heterocycles. The summed E-state index contributed by atoms with van der Waals surface area (Å²) in [4.78, 5) is 14.5. The van der Waals surface area contributed by atoms with E-state index in [1.165, 1.54) is 5.69 Å². The lowest BCUT2D eigenvalue weighted by Gasteiger charge is -2.33. The molecule has 6 nitrogen and oxygen atoms in total. The first kappa shape index (κ1) is 15.8. The van der Waals surface area contributed by atoms with E-state index in [-0.39, 0.29) is 11.9 Å². The number of hydrogen-bond donors (Lipinski definition) is 1. The quantitative estimate of drug-likeness (QED) is 0.933. The summed E-state index contributed by atoms with van der Waals surface area (Å²) in [6.07, 6.45) is 3.50. The van der Waals surface area contributed by atoms with Crippen LogP contribution in [0, 0.1) is 0 Å². The van der Waals surface area contributed by atoms with E-state index in [0.717, 1.165) is 31.0 Å². The first-order chi connectivity index (χ1) is 11.2. The number of carbonyl (C=O) groups excluding carboxylic acids is 1. The molecule has 1 aliphatic rings. The maximum atomic E-state index is 12.2. The number of halogens is 1. The van der Waals surface area contributed by atoms with E-state index in [9.17, 15) is 4.79 Å². The van der Waals surface area contributed by atoms with Crippen molar-refractivity contribution in [3.8, 4) is 0 Å². The molecule has 7 heteroatoms. The third-order valence-electron chi connectivity index (χ3n) is 4.12. The molecule has 0 spiro atoms. The number of hydrogen-bond acceptors (Lipinski definition) is 4. The van der Waals surface area contributed by atoms with Crippen molar-refractivity contribution in [2.45, 2.75) is 32.4 Å². The number of nitrogens with zero attached hydrogens (tertiary/aromatic N) is 4. The average Bonchev–Trinajstić information content (AvgIpc) is 3.06. The predicted molar refractivity (Wildman–Crippen MR) is 89.8 cm³/mol. The number of aryl methyl sites for hydroxylation is 1. The molecule has 0 unspecified atom stereocenters. The summed E-state index contributed by atoms with van der Waals surface area (Å²) < 4.78 is 1.65. The van der Waals surface area contributed by atoms with Crippen LogP contribution in [0.5, 0.6) is 0 Å². The second-order valence-electron chi connectivity index (χ2n) is 5.67. The van der Waals surface area contributed by atoms with Gasteiger partial charge in [0, 0.05) is 36.4 Å². The number of anilines is 1. The highest BCUT2D eigenvalue weighted by atomic mass is 35.5. The largest absolute Gasteiger partial charge is 0.371 e. The fourth-order valence-corrected chi connectivity index (χ4v) is 2.88. The average molecular weight is 334 g/mol. The molecule has 0 radical (unpaired) electrons. The molecule has 122 valence electrons. The van der Waals surface area contributed by atoms with Gasteiger partial charge in [-0.2, -0.15) is 0 Å². The normalized spacial score (nSPS) is 15.7. The van der Waals surface area contributed by atoms with Gasteiger partial charge >= 0.3 is 0 Å². The van der Waals surface area contributed by atoms with Gasteiger partial charge in [-0.3, -0.25) is 9.48 Å². The summed E-state index contributed by atoms with van der Waals surface area (Å²) >= 11 is 5.92. The van der Waals surface area contributed by atoms with E-state index in [2.05, 4.69) is 20.5 Å². The van der Waals surface area contributed by atoms with E-state index in [1.54, 1.807) is 10.9 Å². The molecule has 1 aliphatic heterocycles. The first-order valence-electron chi connectivity index (χ1n) is 7.87. The molecule has 3 rings (SSSR count). The second kappa shape index (κ2) is 7.00. The van der Waals surface area contributed by atoms with Gasteiger partial charge in [-0.25, -0.2) is 0 Å². The lowest BCUT2D eigenvalue weighted by atomic mass is 10.0. The molecule has 1 N–H and O–H groups in total. The third kappa shape index (κ3) is 3.82. The summed E-state index contributed by atoms with van der Waals surface area (Å²) in [6, 6.07) is 8.05. The van der Waals surface area contributed by atoms with Crippen LogP contribution in [0.4, 0.5) is 5.69 Å². The summed E-state index contributed by atoms with van der Waals surface area (Å²) in [6.45, 7) is 4.49. The highest BCUT2D eigenvalue weighted by molar-refractivity contribution is 6.30. The maximum Gasteiger partial charge on any atom is 0.273 e. The van der Waals surface area contributed by atoms with Crippen LogP contribution in [0.15, 0.2) is 30.5 Å². The van der Waals surface area contributed by atoms with E-state index in [1.807, 2.05) is 31.2 Å². The Balaban J connectivity index is 1.52. The molecule has 2 aromatic rings. The SMILES string of the molecule is CCn1cc(C(=O)NC2CCN(c3ccc(Cl)cc3)CC2)nn1. The fourth-order valence-electron chi connectivity index (χ4n) is 2.75. The zero-order valence-electron chi connectivity index (χ0n) is 13.1. The molecule has 1 amide bonds. The van der Waals surface area contributed by atoms with Crippen LogP contribution in [-0.4, -0.2) is 40.0 Å². The molecular weight excluding hydrogens is 314 g/mol. The van der Waals surface area contributed by atoms with E-state index in [4.69, 9.17) is 11.6 Å². The standard InChI is InChI=1S/C16H20ClN5O/c1-2-22-11-15(19-20-22)16(23)18-13-7-9-21(10-8-13)14-5-3-12(17)4-6-14/h3-6,11,13H,2,7-10H2,1H3,(H,18,23). The third-order valence-corrected chi connectivity index (χ3v) is 4.37. The maximum absolute atomic E-state index is 12.2. The lowest BCUT2D eigenvalue weighted by molar-refractivity contribution is 0.0926. The van der Waals surface area contributed by atoms with Crippen molar-refractivity contribution < 1.29 is 4.79 Å². The molecule has 23 heavy (non-hydrogen) atoms. The molecule has 0 aliphatic carbocycles. The van der Waals surface area contributed by atoms with Gasteiger partial charge in [0.2, 0.25) is 0 Å². The fraction of sp³-hybridized carbons (Fsp3) is 0.438. The smallest absolute Gasteiger partial charge is 0.273 e. The van der Waals surface area contributed by atoms with Crippen LogP contribution in [0.1, 0.15) is 30.3 Å². The van der Waals surface area contributed by atoms with Gasteiger partial charge < -0.3 is 10.2 Å². The number of amides is 1. The zero-order chi connectivity index (χ0) is 16.2. The van der Waals surface area contributed by atoms with Crippen molar-refractivity contribution in [1.29, 1.82) is 0 Å². The number of nitrogens with one attached hydrogen (secondary N) is 1. The van der Waals surface area contributed by atoms with Crippen molar-refractivity contribution in [1.82, 2.24) is 20.3 Å². The molecule has 1 aromatic carbocycles. The van der Waals surface area contributed by atoms with Crippen LogP contribution >= 0.6 is 11.6 Å². The van der Waals surface area contributed by atoms with Gasteiger partial charge in [-0.15, -0.1) is 5.10 Å². The van der Waals surface area contributed by atoms with Crippen molar-refractivity contribution in [3.63, 3.8) is 0 Å². The second-order valence-corrected chi connectivity index (χ2v) is 6.11. The number of aromatic nitrogens is 3. The van der Waals surface area contributed by atoms with Crippen molar-refractivity contribution in [3.05, 3.63) is 41.2 Å². The lowest BCUT2D eigenvalue weighted by Crippen LogP contribution is -2.44. The zero-order valence-corrected chi connectivity index (χ0v) is 13.8. The topological polar surface area (TPSA) is 63.1 Å². The summed E-state index contributed by atoms with van der Waals surface area (Å²) in [7, 11) is 0. The Labute approximate surface area is 140 Å². The molecule has 1 saturated heterocycles. The minimum Gasteiger partial charge on any atom is -0.371 e. The van der Waals surface area contributed by atoms with Crippen LogP contribution in [0.2, 0.25) is 5.02 Å². The van der Waals surface area contributed by atoms with Gasteiger partial charge in [-0.05, 0) is 44.0 Å². The summed E-state index contributed by atoms with van der Waals surface area (Å²) in [5.74, 6) is -0.144. The highest BCUT2D eigenvalue weighted by Crippen LogP contribution is 2.22. The summed E-state index contributed by atoms with van der Waals surface area (Å²) in [5.41, 5.74) is 1.55. The van der Waals surface area contributed by atoms with E-state index >= 15 is 0 Å². The number of rotatable bonds is 4. The number of benzene rings is 1. The van der Waals surface area contributed by atoms with E-state index < -0.39 is 0 Å². The molecule has 0 atom stereocenters. The molecular formula is C16H20ClN5O. The van der Waals surface area contributed by atoms with Crippen molar-refractivity contribution in [2.75, 3.05) is 18.0 Å². The molecule has 0 bridgehead atoms. The van der Waals surface area contributed by atoms with Gasteiger partial charge in [0.1, 0.15) is 0 Å². The van der Waals surface area contributed by atoms with E-state index in [0.29, 0.717) is 12.2 Å². The molecule has 1 aromatic heterocycles. The van der Waals surface area contributed by atoms with Gasteiger partial charge in [0.15, 0.2) is 5.69 Å². The Morgan fingerprint density at radius 2 is 2.00 bits per heavy atom. The number of carbonyl (C=O) groups is 1. The van der Waals surface area contributed by atoms with Crippen LogP contribution in [0.25, 0.3) is 0 Å². The van der Waals surface area contributed by atoms with Gasteiger partial charge in [0.05, 0.1) is 6.20 Å². The summed E-state index contributed by atoms with van der Waals surface area (Å²) in [5, 5.41) is 11.6. The molecule has 0 saturated carbocycles. The van der Waals surface area contributed by atoms with Gasteiger partial charge in [0.25, 0.3) is 5.91 Å². The number of piperidine rings is 1.